The first-order valence-corrected chi connectivity index (χ1v) is 6.46. The molecule has 0 radical (unpaired) electrons. The van der Waals surface area contributed by atoms with Gasteiger partial charge < -0.3 is 15.2 Å². The van der Waals surface area contributed by atoms with Crippen LogP contribution in [0.3, 0.4) is 0 Å². The van der Waals surface area contributed by atoms with E-state index in [1.54, 1.807) is 0 Å². The molecule has 92 valence electrons. The van der Waals surface area contributed by atoms with Crippen LogP contribution < -0.4 is 15.2 Å². The number of rotatable bonds is 1. The van der Waals surface area contributed by atoms with Gasteiger partial charge in [0, 0.05) is 11.1 Å². The van der Waals surface area contributed by atoms with Gasteiger partial charge in [0.1, 0.15) is 13.2 Å². The Balaban J connectivity index is 2.11. The Labute approximate surface area is 106 Å². The third-order valence-corrected chi connectivity index (χ3v) is 3.97. The molecule has 0 spiro atoms. The van der Waals surface area contributed by atoms with Crippen LogP contribution in [0, 0.1) is 0 Å². The summed E-state index contributed by atoms with van der Waals surface area (Å²) in [5.74, 6) is 1.42. The molecule has 3 nitrogen and oxygen atoms in total. The Kier molecular flexibility index (Phi) is 2.68. The van der Waals surface area contributed by atoms with Crippen molar-refractivity contribution in [2.24, 2.45) is 5.73 Å². The fraction of sp³-hybridized carbons (Fsp3) is 0.538. The predicted octanol–water partition coefficient (Wildman–Crippen LogP) is 2.84. The van der Waals surface area contributed by atoms with Crippen molar-refractivity contribution in [1.82, 2.24) is 0 Å². The second kappa shape index (κ2) is 4.07. The van der Waals surface area contributed by atoms with Gasteiger partial charge in [0.25, 0.3) is 0 Å². The molecule has 0 unspecified atom stereocenters. The zero-order valence-corrected chi connectivity index (χ0v) is 10.4. The van der Waals surface area contributed by atoms with Crippen LogP contribution in [0.15, 0.2) is 12.1 Å². The first-order chi connectivity index (χ1) is 8.21. The molecule has 1 aliphatic heterocycles. The molecule has 2 aliphatic rings. The van der Waals surface area contributed by atoms with Crippen molar-refractivity contribution in [3.05, 3.63) is 22.7 Å². The molecule has 2 N–H and O–H groups in total. The molecule has 17 heavy (non-hydrogen) atoms. The molecule has 1 heterocycles. The topological polar surface area (TPSA) is 44.5 Å². The molecular weight excluding hydrogens is 238 g/mol. The number of hydrogen-bond donors (Lipinski definition) is 1. The summed E-state index contributed by atoms with van der Waals surface area (Å²) < 4.78 is 11.3. The minimum absolute atomic E-state index is 0.268. The SMILES string of the molecule is NC1(c2ccc(Cl)c3c2OCCO3)CCCC1. The summed E-state index contributed by atoms with van der Waals surface area (Å²) in [7, 11) is 0. The molecule has 1 fully saturated rings. The molecule has 3 rings (SSSR count). The van der Waals surface area contributed by atoms with E-state index in [1.165, 1.54) is 12.8 Å². The van der Waals surface area contributed by atoms with Gasteiger partial charge in [0.15, 0.2) is 11.5 Å². The van der Waals surface area contributed by atoms with Gasteiger partial charge in [-0.25, -0.2) is 0 Å². The molecule has 0 bridgehead atoms. The molecule has 0 aromatic heterocycles. The lowest BCUT2D eigenvalue weighted by atomic mass is 9.88. The Bertz CT molecular complexity index is 441. The van der Waals surface area contributed by atoms with E-state index in [4.69, 9.17) is 26.8 Å². The van der Waals surface area contributed by atoms with Crippen LogP contribution in [0.1, 0.15) is 31.2 Å². The molecule has 0 saturated heterocycles. The largest absolute Gasteiger partial charge is 0.486 e. The predicted molar refractivity (Wildman–Crippen MR) is 66.8 cm³/mol. The van der Waals surface area contributed by atoms with Crippen molar-refractivity contribution in [1.29, 1.82) is 0 Å². The molecular formula is C13H16ClNO2. The Morgan fingerprint density at radius 2 is 1.71 bits per heavy atom. The molecule has 4 heteroatoms. The Morgan fingerprint density at radius 1 is 1.06 bits per heavy atom. The van der Waals surface area contributed by atoms with Crippen molar-refractivity contribution in [3.8, 4) is 11.5 Å². The Hall–Kier alpha value is -0.930. The molecule has 1 aromatic carbocycles. The number of benzene rings is 1. The van der Waals surface area contributed by atoms with Crippen LogP contribution in [0.4, 0.5) is 0 Å². The van der Waals surface area contributed by atoms with E-state index >= 15 is 0 Å². The minimum atomic E-state index is -0.268. The van der Waals surface area contributed by atoms with Gasteiger partial charge in [-0.3, -0.25) is 0 Å². The van der Waals surface area contributed by atoms with Gasteiger partial charge in [-0.1, -0.05) is 30.5 Å². The van der Waals surface area contributed by atoms with Crippen LogP contribution in [-0.2, 0) is 5.54 Å². The van der Waals surface area contributed by atoms with E-state index in [0.717, 1.165) is 24.2 Å². The lowest BCUT2D eigenvalue weighted by molar-refractivity contribution is 0.167. The van der Waals surface area contributed by atoms with Gasteiger partial charge in [-0.2, -0.15) is 0 Å². The maximum absolute atomic E-state index is 6.48. The first kappa shape index (κ1) is 11.2. The smallest absolute Gasteiger partial charge is 0.180 e. The number of halogens is 1. The molecule has 0 amide bonds. The average molecular weight is 254 g/mol. The van der Waals surface area contributed by atoms with E-state index in [2.05, 4.69) is 0 Å². The van der Waals surface area contributed by atoms with Crippen molar-refractivity contribution in [2.75, 3.05) is 13.2 Å². The highest BCUT2D eigenvalue weighted by molar-refractivity contribution is 6.32. The summed E-state index contributed by atoms with van der Waals surface area (Å²) in [6, 6.07) is 3.85. The standard InChI is InChI=1S/C13H16ClNO2/c14-10-4-3-9(13(15)5-1-2-6-13)11-12(10)17-8-7-16-11/h3-4H,1-2,5-8,15H2. The van der Waals surface area contributed by atoms with E-state index in [9.17, 15) is 0 Å². The van der Waals surface area contributed by atoms with Crippen molar-refractivity contribution >= 4 is 11.6 Å². The van der Waals surface area contributed by atoms with Crippen LogP contribution in [-0.4, -0.2) is 13.2 Å². The minimum Gasteiger partial charge on any atom is -0.486 e. The fourth-order valence-electron chi connectivity index (χ4n) is 2.77. The first-order valence-electron chi connectivity index (χ1n) is 6.08. The summed E-state index contributed by atoms with van der Waals surface area (Å²) in [5, 5.41) is 0.602. The van der Waals surface area contributed by atoms with Gasteiger partial charge in [-0.05, 0) is 18.9 Å². The third-order valence-electron chi connectivity index (χ3n) is 3.67. The van der Waals surface area contributed by atoms with E-state index in [1.807, 2.05) is 12.1 Å². The summed E-state index contributed by atoms with van der Waals surface area (Å²) in [6.07, 6.45) is 4.36. The lowest BCUT2D eigenvalue weighted by Crippen LogP contribution is -2.34. The van der Waals surface area contributed by atoms with Crippen molar-refractivity contribution in [3.63, 3.8) is 0 Å². The number of nitrogens with two attached hydrogens (primary N) is 1. The summed E-state index contributed by atoms with van der Waals surface area (Å²) in [6.45, 7) is 1.12. The monoisotopic (exact) mass is 253 g/mol. The van der Waals surface area contributed by atoms with E-state index in [-0.39, 0.29) is 5.54 Å². The molecule has 0 atom stereocenters. The maximum atomic E-state index is 6.48. The zero-order valence-electron chi connectivity index (χ0n) is 9.67. The zero-order chi connectivity index (χ0) is 11.9. The highest BCUT2D eigenvalue weighted by atomic mass is 35.5. The van der Waals surface area contributed by atoms with Crippen LogP contribution >= 0.6 is 11.6 Å². The molecule has 1 saturated carbocycles. The van der Waals surface area contributed by atoms with E-state index < -0.39 is 0 Å². The van der Waals surface area contributed by atoms with Crippen LogP contribution in [0.2, 0.25) is 5.02 Å². The highest BCUT2D eigenvalue weighted by Gasteiger charge is 2.36. The summed E-state index contributed by atoms with van der Waals surface area (Å²) in [5.41, 5.74) is 7.26. The molecule has 1 aromatic rings. The van der Waals surface area contributed by atoms with E-state index in [0.29, 0.717) is 24.0 Å². The summed E-state index contributed by atoms with van der Waals surface area (Å²) in [4.78, 5) is 0. The highest BCUT2D eigenvalue weighted by Crippen LogP contribution is 2.47. The summed E-state index contributed by atoms with van der Waals surface area (Å²) >= 11 is 6.12. The quantitative estimate of drug-likeness (QED) is 0.837. The number of hydrogen-bond acceptors (Lipinski definition) is 3. The van der Waals surface area contributed by atoms with Crippen molar-refractivity contribution < 1.29 is 9.47 Å². The van der Waals surface area contributed by atoms with Crippen molar-refractivity contribution in [2.45, 2.75) is 31.2 Å². The van der Waals surface area contributed by atoms with Gasteiger partial charge >= 0.3 is 0 Å². The fourth-order valence-corrected chi connectivity index (χ4v) is 2.97. The normalized spacial score (nSPS) is 21.5. The third kappa shape index (κ3) is 1.78. The number of ether oxygens (including phenoxy) is 2. The second-order valence-corrected chi connectivity index (χ2v) is 5.22. The second-order valence-electron chi connectivity index (χ2n) is 4.81. The van der Waals surface area contributed by atoms with Crippen LogP contribution in [0.5, 0.6) is 11.5 Å². The average Bonchev–Trinajstić information content (AvgIpc) is 2.78. The molecule has 1 aliphatic carbocycles. The van der Waals surface area contributed by atoms with Gasteiger partial charge in [-0.15, -0.1) is 0 Å². The van der Waals surface area contributed by atoms with Gasteiger partial charge in [0.2, 0.25) is 0 Å². The maximum Gasteiger partial charge on any atom is 0.180 e. The van der Waals surface area contributed by atoms with Crippen LogP contribution in [0.25, 0.3) is 0 Å². The lowest BCUT2D eigenvalue weighted by Gasteiger charge is -2.30. The number of fused-ring (bicyclic) bond motifs is 1. The Morgan fingerprint density at radius 3 is 2.41 bits per heavy atom. The van der Waals surface area contributed by atoms with Gasteiger partial charge in [0.05, 0.1) is 5.02 Å².